The predicted molar refractivity (Wildman–Crippen MR) is 121 cm³/mol. The fraction of sp³-hybridized carbons (Fsp3) is 0.200. The van der Waals surface area contributed by atoms with E-state index in [0.29, 0.717) is 12.1 Å². The standard InChI is InChI=1S/C25H25N3O2/c1-2-18-7-11-22(12-8-18)27-24(29)17-26-21-13-9-20(10-14-21)25(30)28-16-15-19-5-3-4-6-23(19)28/h3-14,26H,2,15-17H2,1H3,(H,27,29). The molecule has 1 aliphatic rings. The summed E-state index contributed by atoms with van der Waals surface area (Å²) in [4.78, 5) is 26.9. The number of amides is 2. The van der Waals surface area contributed by atoms with Crippen molar-refractivity contribution in [3.8, 4) is 0 Å². The molecule has 0 atom stereocenters. The molecule has 30 heavy (non-hydrogen) atoms. The highest BCUT2D eigenvalue weighted by atomic mass is 16.2. The highest BCUT2D eigenvalue weighted by Crippen LogP contribution is 2.29. The van der Waals surface area contributed by atoms with Crippen LogP contribution >= 0.6 is 0 Å². The van der Waals surface area contributed by atoms with E-state index in [1.165, 1.54) is 11.1 Å². The number of anilines is 3. The molecule has 1 aliphatic heterocycles. The van der Waals surface area contributed by atoms with Crippen LogP contribution in [-0.4, -0.2) is 24.9 Å². The van der Waals surface area contributed by atoms with Gasteiger partial charge >= 0.3 is 0 Å². The quantitative estimate of drug-likeness (QED) is 0.641. The van der Waals surface area contributed by atoms with Crippen LogP contribution in [0, 0.1) is 0 Å². The molecule has 2 N–H and O–H groups in total. The van der Waals surface area contributed by atoms with Gasteiger partial charge in [0.1, 0.15) is 0 Å². The lowest BCUT2D eigenvalue weighted by Gasteiger charge is -2.17. The number of nitrogens with one attached hydrogen (secondary N) is 2. The van der Waals surface area contributed by atoms with Gasteiger partial charge in [0.2, 0.25) is 5.91 Å². The Morgan fingerprint density at radius 3 is 2.33 bits per heavy atom. The van der Waals surface area contributed by atoms with E-state index in [4.69, 9.17) is 0 Å². The number of hydrogen-bond donors (Lipinski definition) is 2. The number of carbonyl (C=O) groups excluding carboxylic acids is 2. The van der Waals surface area contributed by atoms with Crippen molar-refractivity contribution in [2.45, 2.75) is 19.8 Å². The largest absolute Gasteiger partial charge is 0.376 e. The molecule has 0 unspecified atom stereocenters. The van der Waals surface area contributed by atoms with E-state index in [0.717, 1.165) is 29.9 Å². The molecule has 0 saturated heterocycles. The normalized spacial score (nSPS) is 12.4. The van der Waals surface area contributed by atoms with Gasteiger partial charge in [-0.1, -0.05) is 37.3 Å². The molecule has 3 aromatic carbocycles. The number of benzene rings is 3. The molecule has 0 bridgehead atoms. The smallest absolute Gasteiger partial charge is 0.258 e. The first kappa shape index (κ1) is 19.7. The fourth-order valence-electron chi connectivity index (χ4n) is 3.65. The van der Waals surface area contributed by atoms with Gasteiger partial charge in [-0.05, 0) is 66.4 Å². The van der Waals surface area contributed by atoms with Crippen LogP contribution in [0.1, 0.15) is 28.4 Å². The number of para-hydroxylation sites is 1. The first-order valence-corrected chi connectivity index (χ1v) is 10.3. The maximum Gasteiger partial charge on any atom is 0.258 e. The summed E-state index contributed by atoms with van der Waals surface area (Å²) in [5.74, 6) is -0.118. The first-order chi connectivity index (χ1) is 14.6. The van der Waals surface area contributed by atoms with Gasteiger partial charge in [0.05, 0.1) is 6.54 Å². The van der Waals surface area contributed by atoms with Gasteiger partial charge in [-0.25, -0.2) is 0 Å². The number of nitrogens with zero attached hydrogens (tertiary/aromatic N) is 1. The van der Waals surface area contributed by atoms with Crippen molar-refractivity contribution in [3.63, 3.8) is 0 Å². The number of hydrogen-bond acceptors (Lipinski definition) is 3. The molecule has 5 heteroatoms. The average molecular weight is 399 g/mol. The summed E-state index contributed by atoms with van der Waals surface area (Å²) in [5, 5.41) is 5.98. The Bertz CT molecular complexity index is 1040. The van der Waals surface area contributed by atoms with Crippen LogP contribution in [0.3, 0.4) is 0 Å². The summed E-state index contributed by atoms with van der Waals surface area (Å²) in [6, 6.07) is 23.1. The van der Waals surface area contributed by atoms with Crippen LogP contribution in [0.5, 0.6) is 0 Å². The van der Waals surface area contributed by atoms with E-state index >= 15 is 0 Å². The molecule has 4 rings (SSSR count). The lowest BCUT2D eigenvalue weighted by Crippen LogP contribution is -2.28. The van der Waals surface area contributed by atoms with Gasteiger partial charge < -0.3 is 15.5 Å². The lowest BCUT2D eigenvalue weighted by atomic mass is 10.1. The number of rotatable bonds is 6. The minimum atomic E-state index is -0.118. The maximum atomic E-state index is 12.9. The Morgan fingerprint density at radius 2 is 1.60 bits per heavy atom. The van der Waals surface area contributed by atoms with E-state index in [9.17, 15) is 9.59 Å². The van der Waals surface area contributed by atoms with Crippen LogP contribution in [0.15, 0.2) is 72.8 Å². The lowest BCUT2D eigenvalue weighted by molar-refractivity contribution is -0.114. The number of carbonyl (C=O) groups is 2. The van der Waals surface area contributed by atoms with Gasteiger partial charge in [0.25, 0.3) is 5.91 Å². The van der Waals surface area contributed by atoms with Crippen molar-refractivity contribution in [1.82, 2.24) is 0 Å². The number of aryl methyl sites for hydroxylation is 1. The van der Waals surface area contributed by atoms with Crippen molar-refractivity contribution in [2.24, 2.45) is 0 Å². The van der Waals surface area contributed by atoms with Gasteiger partial charge in [-0.3, -0.25) is 9.59 Å². The average Bonchev–Trinajstić information content (AvgIpc) is 3.22. The minimum Gasteiger partial charge on any atom is -0.376 e. The summed E-state index contributed by atoms with van der Waals surface area (Å²) in [6.45, 7) is 2.96. The van der Waals surface area contributed by atoms with E-state index in [1.807, 2.05) is 59.5 Å². The Labute approximate surface area is 176 Å². The third-order valence-corrected chi connectivity index (χ3v) is 5.36. The maximum absolute atomic E-state index is 12.9. The molecule has 2 amide bonds. The molecule has 0 aliphatic carbocycles. The summed E-state index contributed by atoms with van der Waals surface area (Å²) in [5.41, 5.74) is 5.65. The van der Waals surface area contributed by atoms with Gasteiger partial charge in [0.15, 0.2) is 0 Å². The van der Waals surface area contributed by atoms with Crippen LogP contribution < -0.4 is 15.5 Å². The van der Waals surface area contributed by atoms with E-state index < -0.39 is 0 Å². The van der Waals surface area contributed by atoms with E-state index in [-0.39, 0.29) is 18.4 Å². The molecule has 0 aromatic heterocycles. The molecule has 3 aromatic rings. The van der Waals surface area contributed by atoms with Crippen molar-refractivity contribution in [2.75, 3.05) is 28.6 Å². The highest BCUT2D eigenvalue weighted by Gasteiger charge is 2.24. The Morgan fingerprint density at radius 1 is 0.900 bits per heavy atom. The van der Waals surface area contributed by atoms with Crippen LogP contribution in [0.2, 0.25) is 0 Å². The van der Waals surface area contributed by atoms with Crippen molar-refractivity contribution < 1.29 is 9.59 Å². The van der Waals surface area contributed by atoms with Crippen LogP contribution in [-0.2, 0) is 17.6 Å². The molecular formula is C25H25N3O2. The summed E-state index contributed by atoms with van der Waals surface area (Å²) in [7, 11) is 0. The Kier molecular flexibility index (Phi) is 5.80. The molecule has 0 fully saturated rings. The molecule has 0 saturated carbocycles. The van der Waals surface area contributed by atoms with Gasteiger partial charge in [0, 0.05) is 29.2 Å². The summed E-state index contributed by atoms with van der Waals surface area (Å²) in [6.07, 6.45) is 1.86. The Hall–Kier alpha value is -3.60. The topological polar surface area (TPSA) is 61.4 Å². The second-order valence-electron chi connectivity index (χ2n) is 7.37. The predicted octanol–water partition coefficient (Wildman–Crippen LogP) is 4.50. The zero-order valence-electron chi connectivity index (χ0n) is 17.0. The van der Waals surface area contributed by atoms with E-state index in [2.05, 4.69) is 23.6 Å². The van der Waals surface area contributed by atoms with Gasteiger partial charge in [-0.2, -0.15) is 0 Å². The second kappa shape index (κ2) is 8.82. The monoisotopic (exact) mass is 399 g/mol. The van der Waals surface area contributed by atoms with Crippen molar-refractivity contribution in [1.29, 1.82) is 0 Å². The number of fused-ring (bicyclic) bond motifs is 1. The minimum absolute atomic E-state index is 0.000214. The molecule has 1 heterocycles. The zero-order chi connectivity index (χ0) is 20.9. The third-order valence-electron chi connectivity index (χ3n) is 5.36. The molecule has 0 radical (unpaired) electrons. The fourth-order valence-corrected chi connectivity index (χ4v) is 3.65. The first-order valence-electron chi connectivity index (χ1n) is 10.3. The van der Waals surface area contributed by atoms with E-state index in [1.54, 1.807) is 12.1 Å². The van der Waals surface area contributed by atoms with Crippen LogP contribution in [0.25, 0.3) is 0 Å². The SMILES string of the molecule is CCc1ccc(NC(=O)CNc2ccc(C(=O)N3CCc4ccccc43)cc2)cc1. The van der Waals surface area contributed by atoms with Gasteiger partial charge in [-0.15, -0.1) is 0 Å². The molecule has 5 nitrogen and oxygen atoms in total. The second-order valence-corrected chi connectivity index (χ2v) is 7.37. The Balaban J connectivity index is 1.32. The van der Waals surface area contributed by atoms with Crippen molar-refractivity contribution in [3.05, 3.63) is 89.5 Å². The van der Waals surface area contributed by atoms with Crippen molar-refractivity contribution >= 4 is 28.9 Å². The summed E-state index contributed by atoms with van der Waals surface area (Å²) < 4.78 is 0. The molecule has 0 spiro atoms. The van der Waals surface area contributed by atoms with Crippen LogP contribution in [0.4, 0.5) is 17.1 Å². The molecular weight excluding hydrogens is 374 g/mol. The third kappa shape index (κ3) is 4.35. The molecule has 152 valence electrons. The summed E-state index contributed by atoms with van der Waals surface area (Å²) >= 11 is 0. The highest BCUT2D eigenvalue weighted by molar-refractivity contribution is 6.07. The zero-order valence-corrected chi connectivity index (χ0v) is 17.0.